The van der Waals surface area contributed by atoms with Gasteiger partial charge in [-0.15, -0.1) is 11.8 Å². The van der Waals surface area contributed by atoms with E-state index in [1.165, 1.54) is 32.1 Å². The Hall–Kier alpha value is -0.680. The van der Waals surface area contributed by atoms with E-state index in [2.05, 4.69) is 20.8 Å². The maximum absolute atomic E-state index is 5.42. The van der Waals surface area contributed by atoms with Gasteiger partial charge in [-0.05, 0) is 41.7 Å². The highest BCUT2D eigenvalue weighted by atomic mass is 32.2. The molecule has 1 aromatic carbocycles. The van der Waals surface area contributed by atoms with Gasteiger partial charge in [0.25, 0.3) is 0 Å². The Morgan fingerprint density at radius 2 is 1.48 bits per heavy atom. The highest BCUT2D eigenvalue weighted by molar-refractivity contribution is 8.09. The number of thioether (sulfide) groups is 1. The summed E-state index contributed by atoms with van der Waals surface area (Å²) in [5.74, 6) is 3.09. The van der Waals surface area contributed by atoms with Gasteiger partial charge in [0.05, 0.1) is 25.9 Å². The first-order valence-corrected chi connectivity index (χ1v) is 10.5. The summed E-state index contributed by atoms with van der Waals surface area (Å²) < 4.78 is 16.3. The van der Waals surface area contributed by atoms with Gasteiger partial charge >= 0.3 is 0 Å². The van der Waals surface area contributed by atoms with E-state index in [0.717, 1.165) is 11.3 Å². The molecule has 0 bridgehead atoms. The Kier molecular flexibility index (Phi) is 9.95. The van der Waals surface area contributed by atoms with E-state index in [1.807, 2.05) is 23.9 Å². The van der Waals surface area contributed by atoms with Gasteiger partial charge < -0.3 is 14.2 Å². The minimum atomic E-state index is 0.100. The van der Waals surface area contributed by atoms with Crippen molar-refractivity contribution >= 4 is 24.4 Å². The Labute approximate surface area is 163 Å². The second-order valence-electron chi connectivity index (χ2n) is 7.41. The van der Waals surface area contributed by atoms with Gasteiger partial charge in [0.2, 0.25) is 5.75 Å². The molecule has 0 radical (unpaired) electrons. The topological polar surface area (TPSA) is 27.7 Å². The van der Waals surface area contributed by atoms with Crippen molar-refractivity contribution in [2.45, 2.75) is 57.5 Å². The molecule has 0 aliphatic heterocycles. The van der Waals surface area contributed by atoms with Crippen LogP contribution in [0.1, 0.15) is 63.0 Å². The lowest BCUT2D eigenvalue weighted by Gasteiger charge is -2.18. The van der Waals surface area contributed by atoms with Crippen LogP contribution < -0.4 is 14.2 Å². The molecule has 0 amide bonds. The van der Waals surface area contributed by atoms with Crippen LogP contribution in [-0.4, -0.2) is 27.1 Å². The molecule has 25 heavy (non-hydrogen) atoms. The summed E-state index contributed by atoms with van der Waals surface area (Å²) in [6.07, 6.45) is 6.47. The number of rotatable bonds is 11. The molecule has 3 nitrogen and oxygen atoms in total. The molecule has 144 valence electrons. The fraction of sp³-hybridized carbons (Fsp3) is 0.700. The zero-order valence-corrected chi connectivity index (χ0v) is 18.3. The van der Waals surface area contributed by atoms with Crippen molar-refractivity contribution in [2.75, 3.05) is 27.1 Å². The molecule has 0 heterocycles. The lowest BCUT2D eigenvalue weighted by molar-refractivity contribution is 0.324. The van der Waals surface area contributed by atoms with E-state index in [0.29, 0.717) is 22.7 Å². The summed E-state index contributed by atoms with van der Waals surface area (Å²) in [4.78, 5) is 0. The van der Waals surface area contributed by atoms with Crippen molar-refractivity contribution in [2.24, 2.45) is 5.41 Å². The number of unbranched alkanes of at least 4 members (excludes halogenated alkanes) is 3. The minimum absolute atomic E-state index is 0.100. The number of hydrogen-bond donors (Lipinski definition) is 1. The van der Waals surface area contributed by atoms with Crippen LogP contribution in [0, 0.1) is 5.41 Å². The second kappa shape index (κ2) is 11.1. The maximum atomic E-state index is 5.42. The van der Waals surface area contributed by atoms with Crippen LogP contribution in [0.3, 0.4) is 0 Å². The van der Waals surface area contributed by atoms with Crippen LogP contribution in [0.2, 0.25) is 0 Å². The minimum Gasteiger partial charge on any atom is -0.493 e. The first kappa shape index (κ1) is 22.4. The molecule has 0 aliphatic carbocycles. The van der Waals surface area contributed by atoms with E-state index in [1.54, 1.807) is 21.3 Å². The van der Waals surface area contributed by atoms with Gasteiger partial charge in [-0.2, -0.15) is 12.6 Å². The molecule has 0 saturated heterocycles. The van der Waals surface area contributed by atoms with Gasteiger partial charge in [0.1, 0.15) is 0 Å². The van der Waals surface area contributed by atoms with E-state index in [4.69, 9.17) is 26.8 Å². The van der Waals surface area contributed by atoms with E-state index >= 15 is 0 Å². The summed E-state index contributed by atoms with van der Waals surface area (Å²) in [7, 11) is 4.89. The van der Waals surface area contributed by atoms with E-state index in [9.17, 15) is 0 Å². The third-order valence-corrected chi connectivity index (χ3v) is 5.93. The first-order valence-electron chi connectivity index (χ1n) is 8.92. The van der Waals surface area contributed by atoms with Crippen LogP contribution in [0.15, 0.2) is 12.1 Å². The molecule has 0 saturated carbocycles. The standard InChI is InChI=1S/C20H34O3S2/c1-20(2,3)11-9-7-8-10-12-25-19(24)15-13-16(21-4)18(23-6)17(14-15)22-5/h13-14,19,24H,7-12H2,1-6H3. The summed E-state index contributed by atoms with van der Waals surface area (Å²) >= 11 is 6.60. The van der Waals surface area contributed by atoms with Crippen LogP contribution >= 0.6 is 24.4 Å². The number of hydrogen-bond acceptors (Lipinski definition) is 5. The zero-order valence-electron chi connectivity index (χ0n) is 16.6. The number of thiol groups is 1. The molecule has 5 heteroatoms. The van der Waals surface area contributed by atoms with Crippen molar-refractivity contribution in [3.05, 3.63) is 17.7 Å². The predicted molar refractivity (Wildman–Crippen MR) is 113 cm³/mol. The summed E-state index contributed by atoms with van der Waals surface area (Å²) in [6, 6.07) is 3.96. The molecule has 0 spiro atoms. The van der Waals surface area contributed by atoms with Crippen LogP contribution in [-0.2, 0) is 0 Å². The quantitative estimate of drug-likeness (QED) is 0.272. The van der Waals surface area contributed by atoms with E-state index in [-0.39, 0.29) is 4.58 Å². The second-order valence-corrected chi connectivity index (χ2v) is 9.49. The third-order valence-electron chi connectivity index (χ3n) is 4.07. The molecule has 1 unspecified atom stereocenters. The van der Waals surface area contributed by atoms with Gasteiger partial charge in [0.15, 0.2) is 11.5 Å². The summed E-state index contributed by atoms with van der Waals surface area (Å²) in [5.41, 5.74) is 1.54. The third kappa shape index (κ3) is 8.04. The fourth-order valence-corrected chi connectivity index (χ4v) is 4.03. The SMILES string of the molecule is COc1cc(C(S)SCCCCCCC(C)(C)C)cc(OC)c1OC. The van der Waals surface area contributed by atoms with Gasteiger partial charge in [-0.25, -0.2) is 0 Å². The normalized spacial score (nSPS) is 12.8. The van der Waals surface area contributed by atoms with Crippen molar-refractivity contribution in [3.8, 4) is 17.2 Å². The highest BCUT2D eigenvalue weighted by Gasteiger charge is 2.17. The monoisotopic (exact) mass is 386 g/mol. The fourth-order valence-electron chi connectivity index (χ4n) is 2.65. The Bertz CT molecular complexity index is 487. The highest BCUT2D eigenvalue weighted by Crippen LogP contribution is 2.43. The van der Waals surface area contributed by atoms with Crippen LogP contribution in [0.25, 0.3) is 0 Å². The van der Waals surface area contributed by atoms with E-state index < -0.39 is 0 Å². The lowest BCUT2D eigenvalue weighted by Crippen LogP contribution is -2.03. The molecule has 1 atom stereocenters. The number of methoxy groups -OCH3 is 3. The molecule has 0 aliphatic rings. The summed E-state index contributed by atoms with van der Waals surface area (Å²) in [5, 5.41) is 0. The maximum Gasteiger partial charge on any atom is 0.203 e. The van der Waals surface area contributed by atoms with Gasteiger partial charge in [-0.1, -0.05) is 40.0 Å². The van der Waals surface area contributed by atoms with Gasteiger partial charge in [0, 0.05) is 0 Å². The molecular weight excluding hydrogens is 352 g/mol. The Balaban J connectivity index is 2.46. The zero-order chi connectivity index (χ0) is 18.9. The smallest absolute Gasteiger partial charge is 0.203 e. The number of ether oxygens (including phenoxy) is 3. The van der Waals surface area contributed by atoms with Crippen LogP contribution in [0.4, 0.5) is 0 Å². The van der Waals surface area contributed by atoms with Crippen molar-refractivity contribution in [1.82, 2.24) is 0 Å². The number of benzene rings is 1. The van der Waals surface area contributed by atoms with Crippen molar-refractivity contribution < 1.29 is 14.2 Å². The Morgan fingerprint density at radius 3 is 1.96 bits per heavy atom. The average Bonchev–Trinajstić information content (AvgIpc) is 2.58. The molecule has 0 aromatic heterocycles. The molecule has 0 N–H and O–H groups in total. The predicted octanol–water partition coefficient (Wildman–Crippen LogP) is 6.37. The molecular formula is C20H34O3S2. The van der Waals surface area contributed by atoms with Gasteiger partial charge in [-0.3, -0.25) is 0 Å². The Morgan fingerprint density at radius 1 is 0.920 bits per heavy atom. The summed E-state index contributed by atoms with van der Waals surface area (Å²) in [6.45, 7) is 6.93. The average molecular weight is 387 g/mol. The largest absolute Gasteiger partial charge is 0.493 e. The van der Waals surface area contributed by atoms with Crippen molar-refractivity contribution in [1.29, 1.82) is 0 Å². The lowest BCUT2D eigenvalue weighted by atomic mass is 9.89. The molecule has 0 fully saturated rings. The molecule has 1 aromatic rings. The van der Waals surface area contributed by atoms with Crippen LogP contribution in [0.5, 0.6) is 17.2 Å². The van der Waals surface area contributed by atoms with Crippen molar-refractivity contribution in [3.63, 3.8) is 0 Å². The molecule has 1 rings (SSSR count). The first-order chi connectivity index (χ1) is 11.8.